The molecule has 1 N–H and O–H groups in total. The molecule has 1 aliphatic heterocycles. The first kappa shape index (κ1) is 12.4. The number of hydrogen-bond donors (Lipinski definition) is 1. The normalized spacial score (nSPS) is 20.3. The van der Waals surface area contributed by atoms with Crippen molar-refractivity contribution in [1.82, 2.24) is 15.5 Å². The maximum absolute atomic E-state index is 11.8. The van der Waals surface area contributed by atoms with E-state index in [2.05, 4.69) is 15.5 Å². The molecule has 0 aromatic carbocycles. The summed E-state index contributed by atoms with van der Waals surface area (Å²) in [6, 6.07) is 0.137. The highest BCUT2D eigenvalue weighted by molar-refractivity contribution is 4.95. The summed E-state index contributed by atoms with van der Waals surface area (Å²) in [4.78, 5) is 4.20. The predicted octanol–water partition coefficient (Wildman–Crippen LogP) is 1.32. The Labute approximate surface area is 97.5 Å². The number of halogens is 2. The first-order valence-electron chi connectivity index (χ1n) is 5.67. The number of nitrogens with one attached hydrogen (secondary N) is 1. The molecular weight excluding hydrogens is 232 g/mol. The lowest BCUT2D eigenvalue weighted by atomic mass is 10.2. The van der Waals surface area contributed by atoms with Crippen LogP contribution < -0.4 is 5.32 Å². The van der Waals surface area contributed by atoms with E-state index in [4.69, 9.17) is 9.26 Å². The van der Waals surface area contributed by atoms with Crippen molar-refractivity contribution in [3.63, 3.8) is 0 Å². The third-order valence-electron chi connectivity index (χ3n) is 2.56. The Morgan fingerprint density at radius 2 is 2.41 bits per heavy atom. The Morgan fingerprint density at radius 3 is 3.12 bits per heavy atom. The molecule has 2 heterocycles. The molecule has 0 spiro atoms. The minimum absolute atomic E-state index is 0.137. The van der Waals surface area contributed by atoms with Crippen LogP contribution in [0.4, 0.5) is 8.78 Å². The van der Waals surface area contributed by atoms with E-state index in [9.17, 15) is 8.78 Å². The van der Waals surface area contributed by atoms with Gasteiger partial charge in [-0.05, 0) is 19.4 Å². The molecule has 1 aliphatic rings. The molecule has 17 heavy (non-hydrogen) atoms. The van der Waals surface area contributed by atoms with Crippen molar-refractivity contribution in [2.24, 2.45) is 0 Å². The zero-order valence-electron chi connectivity index (χ0n) is 9.36. The Balaban J connectivity index is 1.74. The molecule has 1 aromatic heterocycles. The van der Waals surface area contributed by atoms with E-state index in [0.29, 0.717) is 18.1 Å². The van der Waals surface area contributed by atoms with Crippen LogP contribution in [0.25, 0.3) is 0 Å². The number of rotatable bonds is 6. The molecular formula is C10H15F2N3O2. The second kappa shape index (κ2) is 6.02. The summed E-state index contributed by atoms with van der Waals surface area (Å²) in [6.45, 7) is 0.593. The standard InChI is InChI=1S/C10H15F2N3O2/c11-8(12)6-16-5-3-9-14-10(17-15-9)7-2-1-4-13-7/h7-8,13H,1-6H2/t7-/m1/s1. The summed E-state index contributed by atoms with van der Waals surface area (Å²) in [5.41, 5.74) is 0. The maximum atomic E-state index is 11.8. The fourth-order valence-corrected chi connectivity index (χ4v) is 1.74. The van der Waals surface area contributed by atoms with Gasteiger partial charge in [0.1, 0.15) is 6.61 Å². The van der Waals surface area contributed by atoms with Crippen LogP contribution in [0.15, 0.2) is 4.52 Å². The molecule has 0 radical (unpaired) electrons. The summed E-state index contributed by atoms with van der Waals surface area (Å²) < 4.78 is 33.4. The fraction of sp³-hybridized carbons (Fsp3) is 0.800. The number of nitrogens with zero attached hydrogens (tertiary/aromatic N) is 2. The van der Waals surface area contributed by atoms with Gasteiger partial charge < -0.3 is 14.6 Å². The number of aromatic nitrogens is 2. The highest BCUT2D eigenvalue weighted by Gasteiger charge is 2.22. The lowest BCUT2D eigenvalue weighted by Gasteiger charge is -2.01. The molecule has 0 amide bonds. The van der Waals surface area contributed by atoms with Crippen LogP contribution in [0.3, 0.4) is 0 Å². The first-order chi connectivity index (χ1) is 8.25. The quantitative estimate of drug-likeness (QED) is 0.768. The summed E-state index contributed by atoms with van der Waals surface area (Å²) in [5, 5.41) is 7.03. The Bertz CT molecular complexity index is 340. The molecule has 1 saturated heterocycles. The van der Waals surface area contributed by atoms with Crippen molar-refractivity contribution in [2.75, 3.05) is 19.8 Å². The van der Waals surface area contributed by atoms with Gasteiger partial charge in [-0.1, -0.05) is 5.16 Å². The average molecular weight is 247 g/mol. The SMILES string of the molecule is FC(F)COCCc1noc([C@H]2CCCN2)n1. The maximum Gasteiger partial charge on any atom is 0.261 e. The summed E-state index contributed by atoms with van der Waals surface area (Å²) >= 11 is 0. The van der Waals surface area contributed by atoms with Crippen LogP contribution in [0.2, 0.25) is 0 Å². The summed E-state index contributed by atoms with van der Waals surface area (Å²) in [6.07, 6.45) is 0.0466. The third kappa shape index (κ3) is 3.71. The van der Waals surface area contributed by atoms with Gasteiger partial charge in [0, 0.05) is 6.42 Å². The highest BCUT2D eigenvalue weighted by atomic mass is 19.3. The van der Waals surface area contributed by atoms with Crippen LogP contribution in [0.5, 0.6) is 0 Å². The molecule has 0 saturated carbocycles. The Kier molecular flexibility index (Phi) is 4.38. The number of alkyl halides is 2. The molecule has 2 rings (SSSR count). The summed E-state index contributed by atoms with van der Waals surface area (Å²) in [7, 11) is 0. The third-order valence-corrected chi connectivity index (χ3v) is 2.56. The average Bonchev–Trinajstić information content (AvgIpc) is 2.94. The van der Waals surface area contributed by atoms with Gasteiger partial charge in [-0.15, -0.1) is 0 Å². The van der Waals surface area contributed by atoms with E-state index in [1.54, 1.807) is 0 Å². The van der Waals surface area contributed by atoms with Gasteiger partial charge >= 0.3 is 0 Å². The van der Waals surface area contributed by atoms with Crippen LogP contribution >= 0.6 is 0 Å². The Hall–Kier alpha value is -1.08. The zero-order valence-corrected chi connectivity index (χ0v) is 9.36. The van der Waals surface area contributed by atoms with Crippen molar-refractivity contribution in [2.45, 2.75) is 31.7 Å². The van der Waals surface area contributed by atoms with Gasteiger partial charge in [-0.3, -0.25) is 0 Å². The minimum Gasteiger partial charge on any atom is -0.375 e. The largest absolute Gasteiger partial charge is 0.375 e. The van der Waals surface area contributed by atoms with Gasteiger partial charge in [0.05, 0.1) is 12.6 Å². The van der Waals surface area contributed by atoms with E-state index in [0.717, 1.165) is 19.4 Å². The van der Waals surface area contributed by atoms with Crippen LogP contribution in [-0.4, -0.2) is 36.3 Å². The lowest BCUT2D eigenvalue weighted by Crippen LogP contribution is -2.13. The van der Waals surface area contributed by atoms with Gasteiger partial charge in [0.15, 0.2) is 5.82 Å². The molecule has 0 bridgehead atoms. The van der Waals surface area contributed by atoms with E-state index in [-0.39, 0.29) is 12.6 Å². The molecule has 7 heteroatoms. The van der Waals surface area contributed by atoms with Gasteiger partial charge in [-0.2, -0.15) is 4.98 Å². The fourth-order valence-electron chi connectivity index (χ4n) is 1.74. The van der Waals surface area contributed by atoms with Gasteiger partial charge in [0.2, 0.25) is 5.89 Å². The van der Waals surface area contributed by atoms with Crippen molar-refractivity contribution in [3.8, 4) is 0 Å². The minimum atomic E-state index is -2.43. The van der Waals surface area contributed by atoms with Gasteiger partial charge in [-0.25, -0.2) is 8.78 Å². The van der Waals surface area contributed by atoms with E-state index in [1.165, 1.54) is 0 Å². The predicted molar refractivity (Wildman–Crippen MR) is 54.8 cm³/mol. The van der Waals surface area contributed by atoms with Crippen LogP contribution in [0.1, 0.15) is 30.6 Å². The molecule has 0 aliphatic carbocycles. The van der Waals surface area contributed by atoms with E-state index >= 15 is 0 Å². The Morgan fingerprint density at radius 1 is 1.53 bits per heavy atom. The molecule has 0 unspecified atom stereocenters. The first-order valence-corrected chi connectivity index (χ1v) is 5.67. The summed E-state index contributed by atoms with van der Waals surface area (Å²) in [5.74, 6) is 1.08. The van der Waals surface area contributed by atoms with E-state index in [1.807, 2.05) is 0 Å². The molecule has 5 nitrogen and oxygen atoms in total. The zero-order chi connectivity index (χ0) is 12.1. The van der Waals surface area contributed by atoms with Crippen molar-refractivity contribution in [1.29, 1.82) is 0 Å². The molecule has 1 fully saturated rings. The van der Waals surface area contributed by atoms with Crippen LogP contribution in [0, 0.1) is 0 Å². The highest BCUT2D eigenvalue weighted by Crippen LogP contribution is 2.20. The van der Waals surface area contributed by atoms with Crippen molar-refractivity contribution >= 4 is 0 Å². The molecule has 1 aromatic rings. The van der Waals surface area contributed by atoms with Crippen molar-refractivity contribution < 1.29 is 18.0 Å². The molecule has 96 valence electrons. The van der Waals surface area contributed by atoms with Crippen LogP contribution in [-0.2, 0) is 11.2 Å². The lowest BCUT2D eigenvalue weighted by molar-refractivity contribution is 0.0182. The second-order valence-corrected chi connectivity index (χ2v) is 3.91. The van der Waals surface area contributed by atoms with E-state index < -0.39 is 13.0 Å². The monoisotopic (exact) mass is 247 g/mol. The second-order valence-electron chi connectivity index (χ2n) is 3.91. The van der Waals surface area contributed by atoms with Crippen molar-refractivity contribution in [3.05, 3.63) is 11.7 Å². The topological polar surface area (TPSA) is 60.2 Å². The smallest absolute Gasteiger partial charge is 0.261 e. The number of hydrogen-bond acceptors (Lipinski definition) is 5. The van der Waals surface area contributed by atoms with Gasteiger partial charge in [0.25, 0.3) is 6.43 Å². The number of ether oxygens (including phenoxy) is 1. The molecule has 1 atom stereocenters.